The van der Waals surface area contributed by atoms with Crippen LogP contribution in [0.4, 0.5) is 0 Å². The summed E-state index contributed by atoms with van der Waals surface area (Å²) >= 11 is 0. The number of aromatic amines is 2. The average molecular weight is 733 g/mol. The molecule has 0 atom stereocenters. The number of H-pyrrole nitrogens is 2. The topological polar surface area (TPSA) is 144 Å². The maximum Gasteiger partial charge on any atom is 0.240 e. The molecule has 11 heteroatoms. The zero-order valence-electron chi connectivity index (χ0n) is 28.8. The summed E-state index contributed by atoms with van der Waals surface area (Å²) in [5.74, 6) is -0.449. The Morgan fingerprint density at radius 3 is 1.40 bits per heavy atom. The first-order valence-electron chi connectivity index (χ1n) is 17.1. The lowest BCUT2D eigenvalue weighted by Gasteiger charge is -2.21. The number of benzene rings is 5. The summed E-state index contributed by atoms with van der Waals surface area (Å²) in [6, 6.07) is 36.4. The van der Waals surface area contributed by atoms with E-state index in [1.54, 1.807) is 60.7 Å². The maximum atomic E-state index is 13.3. The van der Waals surface area contributed by atoms with Gasteiger partial charge in [0.1, 0.15) is 5.75 Å². The highest BCUT2D eigenvalue weighted by molar-refractivity contribution is 7.89. The normalized spacial score (nSPS) is 12.3. The summed E-state index contributed by atoms with van der Waals surface area (Å²) in [7, 11) is -7.52. The molecule has 7 rings (SSSR count). The third-order valence-corrected chi connectivity index (χ3v) is 12.5. The summed E-state index contributed by atoms with van der Waals surface area (Å²) in [5.41, 5.74) is 7.73. The van der Waals surface area contributed by atoms with Crippen LogP contribution in [0.15, 0.2) is 131 Å². The number of aromatic nitrogens is 2. The zero-order valence-corrected chi connectivity index (χ0v) is 30.5. The summed E-state index contributed by atoms with van der Waals surface area (Å²) in [6.45, 7) is 4.09. The molecule has 0 aliphatic rings. The van der Waals surface area contributed by atoms with Crippen LogP contribution in [0.3, 0.4) is 0 Å². The molecule has 0 aliphatic heterocycles. The van der Waals surface area contributed by atoms with Crippen LogP contribution in [0.25, 0.3) is 21.8 Å². The fourth-order valence-corrected chi connectivity index (χ4v) is 8.95. The number of para-hydroxylation sites is 3. The number of aromatic hydroxyl groups is 1. The number of phenolic OH excluding ortho intramolecular Hbond substituents is 1. The smallest absolute Gasteiger partial charge is 0.240 e. The standard InChI is InChI=1S/C41H40N4O5S2/c1-27-15-19-29(20-16-27)51(47,48)42-25-23-33-31-9-3-6-12-36(31)44-40(33)39(35-11-5-8-14-38(35)46)41-34(32-10-4-7-13-37(32)45-41)24-26-43-52(49,50)30-21-17-28(2)18-22-30/h3-22,39,42-46H,23-26H2,1-2H3. The van der Waals surface area contributed by atoms with Crippen molar-refractivity contribution in [2.75, 3.05) is 13.1 Å². The number of aryl methyl sites for hydroxylation is 2. The molecule has 5 N–H and O–H groups in total. The van der Waals surface area contributed by atoms with Crippen molar-refractivity contribution in [2.24, 2.45) is 0 Å². The van der Waals surface area contributed by atoms with Gasteiger partial charge in [-0.1, -0.05) is 90.0 Å². The van der Waals surface area contributed by atoms with Gasteiger partial charge in [-0.05, 0) is 80.3 Å². The minimum absolute atomic E-state index is 0.0989. The van der Waals surface area contributed by atoms with Gasteiger partial charge in [0.15, 0.2) is 0 Å². The van der Waals surface area contributed by atoms with Crippen molar-refractivity contribution < 1.29 is 21.9 Å². The molecule has 0 spiro atoms. The highest BCUT2D eigenvalue weighted by Crippen LogP contribution is 2.42. The van der Waals surface area contributed by atoms with E-state index in [0.29, 0.717) is 18.4 Å². The minimum atomic E-state index is -3.76. The Morgan fingerprint density at radius 2 is 0.962 bits per heavy atom. The maximum absolute atomic E-state index is 13.3. The lowest BCUT2D eigenvalue weighted by Crippen LogP contribution is -2.26. The Balaban J connectivity index is 1.30. The molecule has 7 aromatic rings. The molecule has 9 nitrogen and oxygen atoms in total. The lowest BCUT2D eigenvalue weighted by atomic mass is 9.86. The second-order valence-electron chi connectivity index (χ2n) is 13.0. The molecule has 0 radical (unpaired) electrons. The van der Waals surface area contributed by atoms with E-state index in [1.165, 1.54) is 0 Å². The Kier molecular flexibility index (Phi) is 9.78. The molecule has 0 amide bonds. The third kappa shape index (κ3) is 7.13. The second kappa shape index (κ2) is 14.4. The predicted octanol–water partition coefficient (Wildman–Crippen LogP) is 7.19. The van der Waals surface area contributed by atoms with Gasteiger partial charge in [-0.2, -0.15) is 0 Å². The van der Waals surface area contributed by atoms with E-state index in [-0.39, 0.29) is 28.6 Å². The average Bonchev–Trinajstić information content (AvgIpc) is 3.68. The van der Waals surface area contributed by atoms with E-state index in [9.17, 15) is 21.9 Å². The Labute approximate surface area is 303 Å². The molecule has 0 aliphatic carbocycles. The number of hydrogen-bond donors (Lipinski definition) is 5. The SMILES string of the molecule is Cc1ccc(S(=O)(=O)NCCc2c(C(c3ccccc3O)c3[nH]c4ccccc4c3CCNS(=O)(=O)c3ccc(C)cc3)[nH]c3ccccc23)cc1. The van der Waals surface area contributed by atoms with Crippen LogP contribution >= 0.6 is 0 Å². The van der Waals surface area contributed by atoms with E-state index >= 15 is 0 Å². The number of fused-ring (bicyclic) bond motifs is 2. The van der Waals surface area contributed by atoms with Gasteiger partial charge >= 0.3 is 0 Å². The van der Waals surface area contributed by atoms with Crippen molar-refractivity contribution in [1.82, 2.24) is 19.4 Å². The zero-order chi connectivity index (χ0) is 36.5. The number of nitrogens with one attached hydrogen (secondary N) is 4. The molecule has 0 bridgehead atoms. The van der Waals surface area contributed by atoms with Crippen molar-refractivity contribution in [3.63, 3.8) is 0 Å². The Hall–Kier alpha value is -5.20. The predicted molar refractivity (Wildman–Crippen MR) is 206 cm³/mol. The highest BCUT2D eigenvalue weighted by atomic mass is 32.2. The third-order valence-electron chi connectivity index (χ3n) is 9.52. The van der Waals surface area contributed by atoms with Gasteiger partial charge in [0.2, 0.25) is 20.0 Å². The first-order valence-corrected chi connectivity index (χ1v) is 20.1. The van der Waals surface area contributed by atoms with Gasteiger partial charge in [-0.3, -0.25) is 0 Å². The van der Waals surface area contributed by atoms with E-state index in [2.05, 4.69) is 19.4 Å². The Morgan fingerprint density at radius 1 is 0.558 bits per heavy atom. The van der Waals surface area contributed by atoms with Crippen molar-refractivity contribution >= 4 is 41.9 Å². The van der Waals surface area contributed by atoms with Gasteiger partial charge < -0.3 is 15.1 Å². The molecule has 52 heavy (non-hydrogen) atoms. The molecular weight excluding hydrogens is 693 g/mol. The Bertz CT molecular complexity index is 2430. The van der Waals surface area contributed by atoms with Gasteiger partial charge in [-0.25, -0.2) is 26.3 Å². The van der Waals surface area contributed by atoms with Crippen molar-refractivity contribution in [3.05, 3.63) is 161 Å². The van der Waals surface area contributed by atoms with Gasteiger partial charge in [0.25, 0.3) is 0 Å². The summed E-state index contributed by atoms with van der Waals surface area (Å²) in [5, 5.41) is 13.3. The molecule has 2 heterocycles. The van der Waals surface area contributed by atoms with Crippen LogP contribution in [0.1, 0.15) is 45.1 Å². The largest absolute Gasteiger partial charge is 0.508 e. The molecular formula is C41H40N4O5S2. The number of rotatable bonds is 13. The second-order valence-corrected chi connectivity index (χ2v) is 16.6. The van der Waals surface area contributed by atoms with E-state index in [0.717, 1.165) is 55.4 Å². The molecule has 5 aromatic carbocycles. The first-order chi connectivity index (χ1) is 25.0. The van der Waals surface area contributed by atoms with Crippen molar-refractivity contribution in [3.8, 4) is 5.75 Å². The van der Waals surface area contributed by atoms with Gasteiger partial charge in [0.05, 0.1) is 15.7 Å². The fraction of sp³-hybridized carbons (Fsp3) is 0.171. The molecule has 0 fully saturated rings. The van der Waals surface area contributed by atoms with Crippen LogP contribution in [0.2, 0.25) is 0 Å². The van der Waals surface area contributed by atoms with E-state index in [4.69, 9.17) is 0 Å². The minimum Gasteiger partial charge on any atom is -0.508 e. The van der Waals surface area contributed by atoms with Crippen LogP contribution in [0, 0.1) is 13.8 Å². The van der Waals surface area contributed by atoms with E-state index < -0.39 is 26.0 Å². The summed E-state index contributed by atoms with van der Waals surface area (Å²) in [6.07, 6.45) is 0.723. The van der Waals surface area contributed by atoms with Crippen molar-refractivity contribution in [2.45, 2.75) is 42.4 Å². The number of sulfonamides is 2. The monoisotopic (exact) mass is 732 g/mol. The van der Waals surface area contributed by atoms with Crippen LogP contribution in [0.5, 0.6) is 5.75 Å². The molecule has 0 saturated carbocycles. The van der Waals surface area contributed by atoms with Crippen molar-refractivity contribution in [1.29, 1.82) is 0 Å². The van der Waals surface area contributed by atoms with Crippen LogP contribution in [-0.4, -0.2) is 45.0 Å². The first kappa shape index (κ1) is 35.2. The molecule has 266 valence electrons. The number of phenols is 1. The van der Waals surface area contributed by atoms with Crippen LogP contribution in [-0.2, 0) is 32.9 Å². The van der Waals surface area contributed by atoms with Gasteiger partial charge in [-0.15, -0.1) is 0 Å². The lowest BCUT2D eigenvalue weighted by molar-refractivity contribution is 0.466. The van der Waals surface area contributed by atoms with Crippen LogP contribution < -0.4 is 9.44 Å². The quantitative estimate of drug-likeness (QED) is 0.0853. The molecule has 0 saturated heterocycles. The molecule has 0 unspecified atom stereocenters. The summed E-state index contributed by atoms with van der Waals surface area (Å²) < 4.78 is 58.6. The molecule has 2 aromatic heterocycles. The van der Waals surface area contributed by atoms with Gasteiger partial charge in [0, 0.05) is 51.8 Å². The summed E-state index contributed by atoms with van der Waals surface area (Å²) in [4.78, 5) is 7.66. The van der Waals surface area contributed by atoms with E-state index in [1.807, 2.05) is 74.5 Å². The fourth-order valence-electron chi connectivity index (χ4n) is 6.88. The number of hydrogen-bond acceptors (Lipinski definition) is 5. The highest BCUT2D eigenvalue weighted by Gasteiger charge is 2.30.